The van der Waals surface area contributed by atoms with Crippen molar-refractivity contribution in [3.8, 4) is 0 Å². The van der Waals surface area contributed by atoms with Gasteiger partial charge in [0.25, 0.3) is 17.7 Å². The first-order valence-electron chi connectivity index (χ1n) is 12.6. The molecule has 3 aliphatic rings. The molecule has 1 aliphatic carbocycles. The van der Waals surface area contributed by atoms with Crippen LogP contribution in [-0.2, 0) is 4.79 Å². The van der Waals surface area contributed by atoms with Crippen LogP contribution in [0.1, 0.15) is 27.1 Å². The number of hydrogen-bond acceptors (Lipinski definition) is 7. The summed E-state index contributed by atoms with van der Waals surface area (Å²) in [5.41, 5.74) is 0.870. The van der Waals surface area contributed by atoms with Gasteiger partial charge in [0.2, 0.25) is 0 Å². The number of aliphatic hydroxyl groups is 1. The van der Waals surface area contributed by atoms with E-state index in [4.69, 9.17) is 23.8 Å². The number of thiocarbonyl (C=S) groups is 1. The number of anilines is 2. The van der Waals surface area contributed by atoms with E-state index in [-0.39, 0.29) is 35.5 Å². The van der Waals surface area contributed by atoms with Gasteiger partial charge in [-0.2, -0.15) is 0 Å². The zero-order valence-corrected chi connectivity index (χ0v) is 22.8. The number of β-amino-alcohol motifs (C(OH)–C–C–N with tert-alkyl or cyclic N) is 1. The normalized spacial score (nSPS) is 18.4. The number of halogens is 3. The summed E-state index contributed by atoms with van der Waals surface area (Å²) >= 11 is 11.3. The molecule has 1 fully saturated rings. The predicted molar refractivity (Wildman–Crippen MR) is 151 cm³/mol. The molecule has 2 heterocycles. The van der Waals surface area contributed by atoms with Gasteiger partial charge in [0.1, 0.15) is 11.6 Å². The lowest BCUT2D eigenvalue weighted by Gasteiger charge is -2.37. The molecule has 8 nitrogen and oxygen atoms in total. The molecule has 2 aromatic carbocycles. The molecule has 0 bridgehead atoms. The van der Waals surface area contributed by atoms with Gasteiger partial charge < -0.3 is 15.3 Å². The van der Waals surface area contributed by atoms with Crippen molar-refractivity contribution in [1.82, 2.24) is 9.80 Å². The van der Waals surface area contributed by atoms with Crippen LogP contribution in [0.4, 0.5) is 20.2 Å². The van der Waals surface area contributed by atoms with Crippen LogP contribution < -0.4 is 10.2 Å². The van der Waals surface area contributed by atoms with Gasteiger partial charge >= 0.3 is 0 Å². The number of nitrogens with zero attached hydrogens (tertiary/aromatic N) is 3. The monoisotopic (exact) mass is 586 g/mol. The number of rotatable bonds is 7. The second-order valence-electron chi connectivity index (χ2n) is 9.71. The molecule has 1 unspecified atom stereocenters. The molecule has 0 radical (unpaired) electrons. The Morgan fingerprint density at radius 1 is 1.07 bits per heavy atom. The summed E-state index contributed by atoms with van der Waals surface area (Å²) in [6.07, 6.45) is 2.46. The predicted octanol–water partition coefficient (Wildman–Crippen LogP) is 3.51. The highest BCUT2D eigenvalue weighted by Gasteiger charge is 2.39. The minimum absolute atomic E-state index is 0.0481. The Bertz CT molecular complexity index is 1470. The van der Waals surface area contributed by atoms with Gasteiger partial charge in [0, 0.05) is 55.1 Å². The number of allylic oxidation sites excluding steroid dienone is 3. The molecule has 2 N–H and O–H groups in total. The average molecular weight is 587 g/mol. The van der Waals surface area contributed by atoms with Gasteiger partial charge in [-0.25, -0.2) is 8.78 Å². The lowest BCUT2D eigenvalue weighted by atomic mass is 10.0. The number of carbonyl (C=O) groups is 3. The van der Waals surface area contributed by atoms with Crippen LogP contribution in [0.5, 0.6) is 0 Å². The molecule has 0 saturated carbocycles. The van der Waals surface area contributed by atoms with E-state index in [9.17, 15) is 28.3 Å². The Labute approximate surface area is 239 Å². The quantitative estimate of drug-likeness (QED) is 0.379. The molecule has 0 aromatic heterocycles. The topological polar surface area (TPSA) is 93.2 Å². The standard InChI is InChI=1S/C28H25ClF2N4O4S/c29-16-4-7-24(40)20(12-16)26(37)32-22-3-1-2-19-25(22)28(39)35(27(19)38)15-18(36)14-33-8-10-34(11-9-33)23-6-5-17(30)13-21(23)31/h1-6,12-13,18,36H,7-11,14-15H2,(H,32,37). The fourth-order valence-corrected chi connectivity index (χ4v) is 5.46. The molecule has 1 atom stereocenters. The summed E-state index contributed by atoms with van der Waals surface area (Å²) in [4.78, 5) is 44.4. The fourth-order valence-electron chi connectivity index (χ4n) is 5.04. The summed E-state index contributed by atoms with van der Waals surface area (Å²) in [5.74, 6) is -3.00. The minimum atomic E-state index is -1.03. The van der Waals surface area contributed by atoms with Crippen molar-refractivity contribution in [3.63, 3.8) is 0 Å². The van der Waals surface area contributed by atoms with Crippen molar-refractivity contribution in [2.45, 2.75) is 12.5 Å². The summed E-state index contributed by atoms with van der Waals surface area (Å²) in [6.45, 7) is 1.89. The van der Waals surface area contributed by atoms with Crippen molar-refractivity contribution < 1.29 is 28.3 Å². The van der Waals surface area contributed by atoms with Crippen LogP contribution >= 0.6 is 23.8 Å². The van der Waals surface area contributed by atoms with Crippen LogP contribution in [0.3, 0.4) is 0 Å². The average Bonchev–Trinajstić information content (AvgIpc) is 3.16. The molecule has 0 spiro atoms. The van der Waals surface area contributed by atoms with Gasteiger partial charge in [-0.3, -0.25) is 24.2 Å². The van der Waals surface area contributed by atoms with Crippen molar-refractivity contribution in [1.29, 1.82) is 0 Å². The lowest BCUT2D eigenvalue weighted by molar-refractivity contribution is -0.112. The largest absolute Gasteiger partial charge is 0.390 e. The Morgan fingerprint density at radius 2 is 1.82 bits per heavy atom. The molecular weight excluding hydrogens is 562 g/mol. The van der Waals surface area contributed by atoms with Crippen molar-refractivity contribution in [3.05, 3.63) is 81.9 Å². The number of fused-ring (bicyclic) bond motifs is 1. The SMILES string of the molecule is O=C(Nc1cccc2c1C(=O)N(CC(O)CN1CCN(c3ccc(F)cc3F)CC1)C2=O)C1=CC(Cl)=CCC1=S. The first kappa shape index (κ1) is 28.0. The highest BCUT2D eigenvalue weighted by Crippen LogP contribution is 2.31. The van der Waals surface area contributed by atoms with Gasteiger partial charge in [0.05, 0.1) is 40.7 Å². The number of nitrogens with one attached hydrogen (secondary N) is 1. The molecule has 3 amide bonds. The van der Waals surface area contributed by atoms with Crippen molar-refractivity contribution >= 4 is 57.8 Å². The van der Waals surface area contributed by atoms with Crippen LogP contribution in [0.15, 0.2) is 59.2 Å². The third-order valence-corrected chi connectivity index (χ3v) is 7.69. The summed E-state index contributed by atoms with van der Waals surface area (Å²) in [7, 11) is 0. The molecular formula is C28H25ClF2N4O4S. The van der Waals surface area contributed by atoms with E-state index in [1.165, 1.54) is 30.3 Å². The number of benzene rings is 2. The third kappa shape index (κ3) is 5.68. The Morgan fingerprint density at radius 3 is 2.55 bits per heavy atom. The molecule has 2 aromatic rings. The Kier molecular flexibility index (Phi) is 8.09. The number of carbonyl (C=O) groups excluding carboxylic acids is 3. The highest BCUT2D eigenvalue weighted by atomic mass is 35.5. The molecule has 208 valence electrons. The maximum absolute atomic E-state index is 14.1. The lowest BCUT2D eigenvalue weighted by Crippen LogP contribution is -2.50. The van der Waals surface area contributed by atoms with Crippen LogP contribution in [0, 0.1) is 11.6 Å². The molecule has 5 rings (SSSR count). The summed E-state index contributed by atoms with van der Waals surface area (Å²) in [6, 6.07) is 8.04. The molecule has 2 aliphatic heterocycles. The van der Waals surface area contributed by atoms with E-state index in [0.717, 1.165) is 11.0 Å². The smallest absolute Gasteiger partial charge is 0.263 e. The number of imide groups is 1. The van der Waals surface area contributed by atoms with Crippen LogP contribution in [0.25, 0.3) is 0 Å². The van der Waals surface area contributed by atoms with E-state index in [1.54, 1.807) is 17.0 Å². The summed E-state index contributed by atoms with van der Waals surface area (Å²) < 4.78 is 27.4. The minimum Gasteiger partial charge on any atom is -0.390 e. The van der Waals surface area contributed by atoms with E-state index in [2.05, 4.69) is 5.32 Å². The molecule has 40 heavy (non-hydrogen) atoms. The second-order valence-corrected chi connectivity index (χ2v) is 10.6. The van der Waals surface area contributed by atoms with Crippen molar-refractivity contribution in [2.75, 3.05) is 49.5 Å². The van der Waals surface area contributed by atoms with Crippen LogP contribution in [-0.4, -0.2) is 82.9 Å². The third-order valence-electron chi connectivity index (χ3n) is 7.04. The van der Waals surface area contributed by atoms with Crippen molar-refractivity contribution in [2.24, 2.45) is 0 Å². The van der Waals surface area contributed by atoms with E-state index in [0.29, 0.717) is 48.2 Å². The number of amides is 3. The van der Waals surface area contributed by atoms with Gasteiger partial charge in [-0.1, -0.05) is 36.0 Å². The number of piperazine rings is 1. The second kappa shape index (κ2) is 11.5. The Hall–Kier alpha value is -3.51. The van der Waals surface area contributed by atoms with E-state index in [1.807, 2.05) is 4.90 Å². The maximum atomic E-state index is 14.1. The van der Waals surface area contributed by atoms with Gasteiger partial charge in [-0.15, -0.1) is 0 Å². The molecule has 1 saturated heterocycles. The summed E-state index contributed by atoms with van der Waals surface area (Å²) in [5, 5.41) is 13.8. The molecule has 12 heteroatoms. The first-order valence-corrected chi connectivity index (χ1v) is 13.4. The number of hydrogen-bond donors (Lipinski definition) is 2. The zero-order chi connectivity index (χ0) is 28.6. The van der Waals surface area contributed by atoms with Gasteiger partial charge in [-0.05, 0) is 30.3 Å². The number of aliphatic hydroxyl groups excluding tert-OH is 1. The Balaban J connectivity index is 1.21. The highest BCUT2D eigenvalue weighted by molar-refractivity contribution is 7.81. The van der Waals surface area contributed by atoms with E-state index >= 15 is 0 Å². The fraction of sp³-hybridized carbons (Fsp3) is 0.286. The van der Waals surface area contributed by atoms with Gasteiger partial charge in [0.15, 0.2) is 0 Å². The van der Waals surface area contributed by atoms with E-state index < -0.39 is 35.5 Å². The maximum Gasteiger partial charge on any atom is 0.263 e. The first-order chi connectivity index (χ1) is 19.1. The zero-order valence-electron chi connectivity index (χ0n) is 21.2. The van der Waals surface area contributed by atoms with Crippen LogP contribution in [0.2, 0.25) is 0 Å².